The second kappa shape index (κ2) is 6.32. The second-order valence-electron chi connectivity index (χ2n) is 4.25. The Morgan fingerprint density at radius 1 is 1.50 bits per heavy atom. The highest BCUT2D eigenvalue weighted by molar-refractivity contribution is 9.11. The topological polar surface area (TPSA) is 55.2 Å². The van der Waals surface area contributed by atoms with Crippen LogP contribution < -0.4 is 10.5 Å². The number of hydrogen-bond donors (Lipinski definition) is 0. The Bertz CT molecular complexity index is 680. The van der Waals surface area contributed by atoms with E-state index in [1.54, 1.807) is 12.3 Å². The summed E-state index contributed by atoms with van der Waals surface area (Å²) < 4.78 is 2.07. The number of rotatable bonds is 5. The fourth-order valence-corrected chi connectivity index (χ4v) is 2.93. The highest BCUT2D eigenvalue weighted by Gasteiger charge is 2.12. The van der Waals surface area contributed by atoms with E-state index in [9.17, 15) is 9.59 Å². The van der Waals surface area contributed by atoms with E-state index in [1.165, 1.54) is 22.1 Å². The number of halogens is 1. The molecule has 20 heavy (non-hydrogen) atoms. The van der Waals surface area contributed by atoms with Crippen LogP contribution in [-0.4, -0.2) is 29.2 Å². The molecule has 0 spiro atoms. The summed E-state index contributed by atoms with van der Waals surface area (Å²) in [5.41, 5.74) is 0.479. The number of hydrogen-bond acceptors (Lipinski definition) is 5. The Balaban J connectivity index is 2.18. The zero-order valence-electron chi connectivity index (χ0n) is 11.2. The molecule has 2 aromatic heterocycles. The first-order valence-electron chi connectivity index (χ1n) is 6.08. The SMILES string of the molecule is CCN(C)c1cnn(CC(=O)c2ccc(Br)s2)c(=O)c1. The number of nitrogens with zero attached hydrogens (tertiary/aromatic N) is 3. The van der Waals surface area contributed by atoms with Gasteiger partial charge in [-0.2, -0.15) is 5.10 Å². The van der Waals surface area contributed by atoms with Crippen molar-refractivity contribution in [3.05, 3.63) is 43.4 Å². The predicted octanol–water partition coefficient (Wildman–Crippen LogP) is 2.41. The minimum absolute atomic E-state index is 0.0398. The maximum absolute atomic E-state index is 12.0. The van der Waals surface area contributed by atoms with E-state index in [1.807, 2.05) is 24.9 Å². The van der Waals surface area contributed by atoms with Gasteiger partial charge in [-0.15, -0.1) is 11.3 Å². The van der Waals surface area contributed by atoms with Crippen LogP contribution in [0.3, 0.4) is 0 Å². The molecule has 0 radical (unpaired) electrons. The molecule has 0 amide bonds. The van der Waals surface area contributed by atoms with Gasteiger partial charge < -0.3 is 4.90 Å². The van der Waals surface area contributed by atoms with Gasteiger partial charge in [0.15, 0.2) is 5.78 Å². The first-order valence-corrected chi connectivity index (χ1v) is 7.69. The van der Waals surface area contributed by atoms with E-state index >= 15 is 0 Å². The van der Waals surface area contributed by atoms with Gasteiger partial charge >= 0.3 is 0 Å². The van der Waals surface area contributed by atoms with Gasteiger partial charge in [0.2, 0.25) is 0 Å². The van der Waals surface area contributed by atoms with E-state index < -0.39 is 0 Å². The molecule has 0 N–H and O–H groups in total. The van der Waals surface area contributed by atoms with Crippen molar-refractivity contribution in [3.63, 3.8) is 0 Å². The number of carbonyl (C=O) groups is 1. The third-order valence-corrected chi connectivity index (χ3v) is 4.58. The minimum Gasteiger partial charge on any atom is -0.373 e. The van der Waals surface area contributed by atoms with Crippen LogP contribution in [0.5, 0.6) is 0 Å². The summed E-state index contributed by atoms with van der Waals surface area (Å²) in [6, 6.07) is 5.04. The Morgan fingerprint density at radius 2 is 2.25 bits per heavy atom. The zero-order chi connectivity index (χ0) is 14.7. The molecule has 0 atom stereocenters. The summed E-state index contributed by atoms with van der Waals surface area (Å²) in [4.78, 5) is 26.5. The minimum atomic E-state index is -0.272. The summed E-state index contributed by atoms with van der Waals surface area (Å²) in [5.74, 6) is -0.119. The maximum Gasteiger partial charge on any atom is 0.269 e. The normalized spacial score (nSPS) is 10.6. The molecule has 2 rings (SSSR count). The molecule has 0 saturated heterocycles. The number of carbonyl (C=O) groups excluding carboxylic acids is 1. The maximum atomic E-state index is 12.0. The number of anilines is 1. The summed E-state index contributed by atoms with van der Waals surface area (Å²) in [7, 11) is 1.88. The Labute approximate surface area is 129 Å². The molecule has 0 saturated carbocycles. The quantitative estimate of drug-likeness (QED) is 0.772. The molecule has 5 nitrogen and oxygen atoms in total. The standard InChI is InChI=1S/C13H14BrN3O2S/c1-3-16(2)9-6-13(19)17(15-7-9)8-10(18)11-4-5-12(14)20-11/h4-7H,3,8H2,1-2H3. The third kappa shape index (κ3) is 3.34. The molecule has 0 aliphatic carbocycles. The number of ketones is 1. The first kappa shape index (κ1) is 14.9. The lowest BCUT2D eigenvalue weighted by atomic mass is 10.3. The summed E-state index contributed by atoms with van der Waals surface area (Å²) in [5, 5.41) is 4.05. The Kier molecular flexibility index (Phi) is 4.72. The monoisotopic (exact) mass is 355 g/mol. The summed E-state index contributed by atoms with van der Waals surface area (Å²) in [6.45, 7) is 2.74. The van der Waals surface area contributed by atoms with Gasteiger partial charge in [0.1, 0.15) is 6.54 Å². The Morgan fingerprint density at radius 3 is 2.80 bits per heavy atom. The molecule has 0 aliphatic heterocycles. The van der Waals surface area contributed by atoms with Crippen molar-refractivity contribution in [3.8, 4) is 0 Å². The van der Waals surface area contributed by atoms with Crippen LogP contribution in [0.25, 0.3) is 0 Å². The van der Waals surface area contributed by atoms with E-state index in [0.717, 1.165) is 16.0 Å². The highest BCUT2D eigenvalue weighted by atomic mass is 79.9. The van der Waals surface area contributed by atoms with Crippen molar-refractivity contribution in [2.24, 2.45) is 0 Å². The average Bonchev–Trinajstić information content (AvgIpc) is 2.86. The van der Waals surface area contributed by atoms with Gasteiger partial charge in [-0.3, -0.25) is 9.59 Å². The lowest BCUT2D eigenvalue weighted by Crippen LogP contribution is -2.28. The van der Waals surface area contributed by atoms with Gasteiger partial charge in [-0.25, -0.2) is 4.68 Å². The highest BCUT2D eigenvalue weighted by Crippen LogP contribution is 2.22. The second-order valence-corrected chi connectivity index (χ2v) is 6.71. The van der Waals surface area contributed by atoms with Gasteiger partial charge in [-0.05, 0) is 35.0 Å². The van der Waals surface area contributed by atoms with Crippen molar-refractivity contribution in [2.45, 2.75) is 13.5 Å². The van der Waals surface area contributed by atoms with E-state index in [2.05, 4.69) is 21.0 Å². The van der Waals surface area contributed by atoms with Crippen molar-refractivity contribution < 1.29 is 4.79 Å². The average molecular weight is 356 g/mol. The van der Waals surface area contributed by atoms with Crippen molar-refractivity contribution >= 4 is 38.7 Å². The molecule has 0 aliphatic rings. The molecular formula is C13H14BrN3O2S. The molecule has 2 aromatic rings. The van der Waals surface area contributed by atoms with Crippen LogP contribution in [0.15, 0.2) is 33.0 Å². The molecule has 106 valence electrons. The molecule has 7 heteroatoms. The lowest BCUT2D eigenvalue weighted by molar-refractivity contribution is 0.0969. The first-order chi connectivity index (χ1) is 9.51. The van der Waals surface area contributed by atoms with E-state index in [0.29, 0.717) is 4.88 Å². The molecule has 0 unspecified atom stereocenters. The molecule has 0 aromatic carbocycles. The van der Waals surface area contributed by atoms with Gasteiger partial charge in [0.05, 0.1) is 20.5 Å². The lowest BCUT2D eigenvalue weighted by Gasteiger charge is -2.16. The zero-order valence-corrected chi connectivity index (χ0v) is 13.6. The largest absolute Gasteiger partial charge is 0.373 e. The van der Waals surface area contributed by atoms with Crippen LogP contribution >= 0.6 is 27.3 Å². The number of aromatic nitrogens is 2. The fourth-order valence-electron chi connectivity index (χ4n) is 1.61. The fraction of sp³-hybridized carbons (Fsp3) is 0.308. The predicted molar refractivity (Wildman–Crippen MR) is 83.8 cm³/mol. The van der Waals surface area contributed by atoms with Crippen molar-refractivity contribution in [1.29, 1.82) is 0 Å². The Hall–Kier alpha value is -1.47. The third-order valence-electron chi connectivity index (χ3n) is 2.91. The van der Waals surface area contributed by atoms with E-state index in [4.69, 9.17) is 0 Å². The van der Waals surface area contributed by atoms with E-state index in [-0.39, 0.29) is 17.9 Å². The van der Waals surface area contributed by atoms with Crippen LogP contribution in [0.4, 0.5) is 5.69 Å². The molecule has 0 bridgehead atoms. The number of Topliss-reactive ketones (excluding diaryl/α,β-unsaturated/α-hetero) is 1. The summed E-state index contributed by atoms with van der Waals surface area (Å²) in [6.07, 6.45) is 1.60. The molecular weight excluding hydrogens is 342 g/mol. The molecule has 0 fully saturated rings. The smallest absolute Gasteiger partial charge is 0.269 e. The van der Waals surface area contributed by atoms with Crippen molar-refractivity contribution in [1.82, 2.24) is 9.78 Å². The van der Waals surface area contributed by atoms with Gasteiger partial charge in [0.25, 0.3) is 5.56 Å². The van der Waals surface area contributed by atoms with Gasteiger partial charge in [-0.1, -0.05) is 0 Å². The number of thiophene rings is 1. The van der Waals surface area contributed by atoms with Crippen molar-refractivity contribution in [2.75, 3.05) is 18.5 Å². The van der Waals surface area contributed by atoms with Gasteiger partial charge in [0, 0.05) is 19.7 Å². The van der Waals surface area contributed by atoms with Crippen LogP contribution in [0.2, 0.25) is 0 Å². The van der Waals surface area contributed by atoms with Crippen LogP contribution in [-0.2, 0) is 6.54 Å². The summed E-state index contributed by atoms with van der Waals surface area (Å²) >= 11 is 4.66. The van der Waals surface area contributed by atoms with Crippen LogP contribution in [0, 0.1) is 0 Å². The molecule has 2 heterocycles. The van der Waals surface area contributed by atoms with Crippen LogP contribution in [0.1, 0.15) is 16.6 Å².